The highest BCUT2D eigenvalue weighted by Crippen LogP contribution is 2.18. The van der Waals surface area contributed by atoms with Crippen molar-refractivity contribution in [3.05, 3.63) is 24.3 Å². The standard InChI is InChI=1S/C23H40O/c1-2-3-4-5-6-7-8-9-10-11-12-13-14-15-16-19-22-20-17-18-21-23(22)24/h17-18,20-22H,2-16,19H2,1H3. The van der Waals surface area contributed by atoms with Crippen LogP contribution in [0.1, 0.15) is 110 Å². The van der Waals surface area contributed by atoms with Gasteiger partial charge in [0.2, 0.25) is 0 Å². The number of rotatable bonds is 16. The Morgan fingerprint density at radius 2 is 1.12 bits per heavy atom. The lowest BCUT2D eigenvalue weighted by molar-refractivity contribution is -0.117. The van der Waals surface area contributed by atoms with E-state index >= 15 is 0 Å². The predicted molar refractivity (Wildman–Crippen MR) is 106 cm³/mol. The molecule has 1 rings (SSSR count). The zero-order chi connectivity index (χ0) is 17.3. The number of carbonyl (C=O) groups excluding carboxylic acids is 1. The van der Waals surface area contributed by atoms with Crippen molar-refractivity contribution in [1.82, 2.24) is 0 Å². The fourth-order valence-corrected chi connectivity index (χ4v) is 3.54. The fourth-order valence-electron chi connectivity index (χ4n) is 3.54. The molecule has 0 radical (unpaired) electrons. The van der Waals surface area contributed by atoms with Gasteiger partial charge in [-0.15, -0.1) is 0 Å². The maximum absolute atomic E-state index is 11.6. The summed E-state index contributed by atoms with van der Waals surface area (Å²) in [6.07, 6.45) is 29.6. The summed E-state index contributed by atoms with van der Waals surface area (Å²) >= 11 is 0. The second kappa shape index (κ2) is 15.7. The Balaban J connectivity index is 1.74. The topological polar surface area (TPSA) is 17.1 Å². The van der Waals surface area contributed by atoms with Crippen LogP contribution in [-0.4, -0.2) is 5.78 Å². The molecule has 0 saturated carbocycles. The molecule has 1 unspecified atom stereocenters. The summed E-state index contributed by atoms with van der Waals surface area (Å²) in [6, 6.07) is 0. The van der Waals surface area contributed by atoms with Crippen molar-refractivity contribution in [2.75, 3.05) is 0 Å². The van der Waals surface area contributed by atoms with Crippen molar-refractivity contribution in [3.8, 4) is 0 Å². The molecule has 0 aromatic rings. The highest BCUT2D eigenvalue weighted by molar-refractivity contribution is 5.94. The number of allylic oxidation sites excluding steroid dienone is 4. The van der Waals surface area contributed by atoms with E-state index in [0.29, 0.717) is 5.78 Å². The van der Waals surface area contributed by atoms with Gasteiger partial charge in [-0.3, -0.25) is 4.79 Å². The summed E-state index contributed by atoms with van der Waals surface area (Å²) < 4.78 is 0. The van der Waals surface area contributed by atoms with Crippen LogP contribution >= 0.6 is 0 Å². The SMILES string of the molecule is CCCCCCCCCCCCCCCCCC1C=CC=CC1=O. The monoisotopic (exact) mass is 332 g/mol. The van der Waals surface area contributed by atoms with Crippen LogP contribution in [0.25, 0.3) is 0 Å². The lowest BCUT2D eigenvalue weighted by atomic mass is 9.93. The van der Waals surface area contributed by atoms with E-state index in [0.717, 1.165) is 6.42 Å². The molecule has 0 bridgehead atoms. The molecule has 0 heterocycles. The molecule has 1 atom stereocenters. The summed E-state index contributed by atoms with van der Waals surface area (Å²) in [6.45, 7) is 2.28. The number of carbonyl (C=O) groups is 1. The minimum absolute atomic E-state index is 0.164. The minimum atomic E-state index is 0.164. The van der Waals surface area contributed by atoms with Gasteiger partial charge in [0, 0.05) is 5.92 Å². The molecule has 24 heavy (non-hydrogen) atoms. The van der Waals surface area contributed by atoms with E-state index in [1.165, 1.54) is 96.3 Å². The third-order valence-electron chi connectivity index (χ3n) is 5.20. The predicted octanol–water partition coefficient (Wildman–Crippen LogP) is 7.56. The Morgan fingerprint density at radius 3 is 1.58 bits per heavy atom. The van der Waals surface area contributed by atoms with Crippen molar-refractivity contribution in [1.29, 1.82) is 0 Å². The fraction of sp³-hybridized carbons (Fsp3) is 0.783. The largest absolute Gasteiger partial charge is 0.294 e. The third kappa shape index (κ3) is 11.6. The van der Waals surface area contributed by atoms with Gasteiger partial charge in [-0.25, -0.2) is 0 Å². The molecule has 0 aromatic heterocycles. The molecule has 1 nitrogen and oxygen atoms in total. The van der Waals surface area contributed by atoms with Gasteiger partial charge in [-0.05, 0) is 12.5 Å². The van der Waals surface area contributed by atoms with Gasteiger partial charge >= 0.3 is 0 Å². The van der Waals surface area contributed by atoms with Gasteiger partial charge in [0.05, 0.1) is 0 Å². The normalized spacial score (nSPS) is 16.9. The van der Waals surface area contributed by atoms with Gasteiger partial charge < -0.3 is 0 Å². The zero-order valence-corrected chi connectivity index (χ0v) is 16.1. The van der Waals surface area contributed by atoms with Crippen LogP contribution in [-0.2, 0) is 4.79 Å². The first-order valence-corrected chi connectivity index (χ1v) is 10.7. The molecule has 0 aromatic carbocycles. The van der Waals surface area contributed by atoms with Crippen molar-refractivity contribution < 1.29 is 4.79 Å². The summed E-state index contributed by atoms with van der Waals surface area (Å²) in [4.78, 5) is 11.6. The number of ketones is 1. The van der Waals surface area contributed by atoms with Gasteiger partial charge in [0.1, 0.15) is 0 Å². The van der Waals surface area contributed by atoms with E-state index in [-0.39, 0.29) is 5.92 Å². The zero-order valence-electron chi connectivity index (χ0n) is 16.1. The van der Waals surface area contributed by atoms with Crippen molar-refractivity contribution in [3.63, 3.8) is 0 Å². The summed E-state index contributed by atoms with van der Waals surface area (Å²) in [5.41, 5.74) is 0. The molecule has 0 amide bonds. The van der Waals surface area contributed by atoms with Crippen molar-refractivity contribution >= 4 is 5.78 Å². The van der Waals surface area contributed by atoms with Gasteiger partial charge in [-0.2, -0.15) is 0 Å². The van der Waals surface area contributed by atoms with Crippen LogP contribution < -0.4 is 0 Å². The average molecular weight is 333 g/mol. The van der Waals surface area contributed by atoms with E-state index in [9.17, 15) is 4.79 Å². The van der Waals surface area contributed by atoms with E-state index in [1.54, 1.807) is 6.08 Å². The second-order valence-electron chi connectivity index (χ2n) is 7.49. The van der Waals surface area contributed by atoms with E-state index < -0.39 is 0 Å². The van der Waals surface area contributed by atoms with Crippen LogP contribution in [0.3, 0.4) is 0 Å². The number of unbranched alkanes of at least 4 members (excludes halogenated alkanes) is 14. The van der Waals surface area contributed by atoms with Gasteiger partial charge in [0.15, 0.2) is 5.78 Å². The highest BCUT2D eigenvalue weighted by atomic mass is 16.1. The lowest BCUT2D eigenvalue weighted by Crippen LogP contribution is -2.11. The molecule has 0 aliphatic heterocycles. The van der Waals surface area contributed by atoms with Crippen LogP contribution in [0.2, 0.25) is 0 Å². The number of hydrogen-bond acceptors (Lipinski definition) is 1. The lowest BCUT2D eigenvalue weighted by Gasteiger charge is -2.11. The quantitative estimate of drug-likeness (QED) is 0.266. The molecule has 0 saturated heterocycles. The first-order chi connectivity index (χ1) is 11.8. The molecule has 0 N–H and O–H groups in total. The molecule has 0 spiro atoms. The molecule has 138 valence electrons. The first-order valence-electron chi connectivity index (χ1n) is 10.7. The molecule has 1 aliphatic rings. The Bertz CT molecular complexity index is 353. The van der Waals surface area contributed by atoms with Crippen molar-refractivity contribution in [2.24, 2.45) is 5.92 Å². The Labute approximate surface area is 151 Å². The van der Waals surface area contributed by atoms with E-state index in [2.05, 4.69) is 13.0 Å². The summed E-state index contributed by atoms with van der Waals surface area (Å²) in [7, 11) is 0. The van der Waals surface area contributed by atoms with Crippen LogP contribution in [0.15, 0.2) is 24.3 Å². The van der Waals surface area contributed by atoms with Crippen molar-refractivity contribution in [2.45, 2.75) is 110 Å². The highest BCUT2D eigenvalue weighted by Gasteiger charge is 2.13. The molecular weight excluding hydrogens is 292 g/mol. The smallest absolute Gasteiger partial charge is 0.162 e. The van der Waals surface area contributed by atoms with Crippen LogP contribution in [0.5, 0.6) is 0 Å². The minimum Gasteiger partial charge on any atom is -0.294 e. The van der Waals surface area contributed by atoms with Crippen LogP contribution in [0, 0.1) is 5.92 Å². The second-order valence-corrected chi connectivity index (χ2v) is 7.49. The van der Waals surface area contributed by atoms with Gasteiger partial charge in [0.25, 0.3) is 0 Å². The molecule has 1 heteroatoms. The van der Waals surface area contributed by atoms with E-state index in [1.807, 2.05) is 12.2 Å². The third-order valence-corrected chi connectivity index (χ3v) is 5.20. The summed E-state index contributed by atoms with van der Waals surface area (Å²) in [5.74, 6) is 0.458. The van der Waals surface area contributed by atoms with Crippen LogP contribution in [0.4, 0.5) is 0 Å². The molecular formula is C23H40O. The number of hydrogen-bond donors (Lipinski definition) is 0. The average Bonchev–Trinajstić information content (AvgIpc) is 2.60. The molecule has 1 aliphatic carbocycles. The maximum atomic E-state index is 11.6. The van der Waals surface area contributed by atoms with Gasteiger partial charge in [-0.1, -0.05) is 121 Å². The maximum Gasteiger partial charge on any atom is 0.162 e. The summed E-state index contributed by atoms with van der Waals surface area (Å²) in [5, 5.41) is 0. The molecule has 0 fully saturated rings. The Hall–Kier alpha value is -0.850. The Kier molecular flexibility index (Phi) is 13.8. The van der Waals surface area contributed by atoms with E-state index in [4.69, 9.17) is 0 Å². The first kappa shape index (κ1) is 21.2. The Morgan fingerprint density at radius 1 is 0.667 bits per heavy atom.